The lowest BCUT2D eigenvalue weighted by Crippen LogP contribution is -2.47. The maximum Gasteiger partial charge on any atom is 0.409 e. The molecule has 7 heteroatoms. The van der Waals surface area contributed by atoms with Gasteiger partial charge < -0.3 is 19.7 Å². The Morgan fingerprint density at radius 1 is 1.19 bits per heavy atom. The van der Waals surface area contributed by atoms with E-state index < -0.39 is 19.8 Å². The van der Waals surface area contributed by atoms with Gasteiger partial charge in [0, 0.05) is 21.7 Å². The number of amides is 2. The van der Waals surface area contributed by atoms with Gasteiger partial charge in [-0.05, 0) is 39.2 Å². The van der Waals surface area contributed by atoms with Gasteiger partial charge in [0.25, 0.3) is 0 Å². The third kappa shape index (κ3) is 11.3. The van der Waals surface area contributed by atoms with Crippen LogP contribution in [0.3, 0.4) is 0 Å². The van der Waals surface area contributed by atoms with Gasteiger partial charge in [0.1, 0.15) is 5.60 Å². The maximum absolute atomic E-state index is 12.3. The molecule has 0 spiro atoms. The number of carbonyl (C=O) groups excluding carboxylic acids is 2. The van der Waals surface area contributed by atoms with Gasteiger partial charge in [-0.3, -0.25) is 0 Å². The quantitative estimate of drug-likeness (QED) is 0.590. The Bertz CT molecular complexity index is 479. The van der Waals surface area contributed by atoms with Crippen molar-refractivity contribution in [1.29, 1.82) is 0 Å². The lowest BCUT2D eigenvalue weighted by atomic mass is 9.98. The minimum Gasteiger partial charge on any atom is -0.450 e. The van der Waals surface area contributed by atoms with Gasteiger partial charge in [0.2, 0.25) is 0 Å². The number of alkyl carbamates (subject to hydrolysis) is 1. The smallest absolute Gasteiger partial charge is 0.409 e. The van der Waals surface area contributed by atoms with Gasteiger partial charge in [0.15, 0.2) is 0 Å². The number of ether oxygens (including phenoxy) is 2. The fourth-order valence-corrected chi connectivity index (χ4v) is 3.98. The Hall–Kier alpha value is -1.24. The van der Waals surface area contributed by atoms with E-state index in [1.165, 1.54) is 25.7 Å². The monoisotopic (exact) mass is 400 g/mol. The molecule has 0 aromatic heterocycles. The van der Waals surface area contributed by atoms with Crippen LogP contribution in [-0.2, 0) is 9.47 Å². The predicted octanol–water partition coefficient (Wildman–Crippen LogP) is 4.87. The molecule has 1 fully saturated rings. The molecule has 2 amide bonds. The van der Waals surface area contributed by atoms with Crippen molar-refractivity contribution in [1.82, 2.24) is 10.2 Å². The summed E-state index contributed by atoms with van der Waals surface area (Å²) in [7, 11) is 0.502. The van der Waals surface area contributed by atoms with Crippen LogP contribution in [0.5, 0.6) is 0 Å². The van der Waals surface area contributed by atoms with E-state index in [0.29, 0.717) is 19.1 Å². The fraction of sp³-hybridized carbons (Fsp3) is 0.900. The first-order valence-electron chi connectivity index (χ1n) is 10.2. The van der Waals surface area contributed by atoms with E-state index in [2.05, 4.69) is 25.0 Å². The van der Waals surface area contributed by atoms with Crippen LogP contribution in [0.4, 0.5) is 9.59 Å². The summed E-state index contributed by atoms with van der Waals surface area (Å²) in [5, 5.41) is 2.96. The normalized spacial score (nSPS) is 16.7. The van der Waals surface area contributed by atoms with Crippen LogP contribution in [0.2, 0.25) is 25.7 Å². The molecule has 0 bridgehead atoms. The third-order valence-corrected chi connectivity index (χ3v) is 6.40. The van der Waals surface area contributed by atoms with Crippen LogP contribution in [0.1, 0.15) is 52.9 Å². The van der Waals surface area contributed by atoms with Gasteiger partial charge in [-0.2, -0.15) is 0 Å². The summed E-state index contributed by atoms with van der Waals surface area (Å²) >= 11 is 0. The highest BCUT2D eigenvalue weighted by atomic mass is 28.3. The Labute approximate surface area is 166 Å². The first-order valence-corrected chi connectivity index (χ1v) is 13.9. The molecular weight excluding hydrogens is 360 g/mol. The number of hydrogen-bond acceptors (Lipinski definition) is 4. The molecule has 0 aromatic carbocycles. The average molecular weight is 401 g/mol. The second kappa shape index (κ2) is 10.3. The molecule has 158 valence electrons. The summed E-state index contributed by atoms with van der Waals surface area (Å²) in [6, 6.07) is 0.825. The number of rotatable bonds is 8. The highest BCUT2D eigenvalue weighted by Gasteiger charge is 2.26. The van der Waals surface area contributed by atoms with Crippen molar-refractivity contribution >= 4 is 20.3 Å². The molecule has 0 aromatic rings. The molecule has 0 radical (unpaired) electrons. The molecule has 6 nitrogen and oxygen atoms in total. The van der Waals surface area contributed by atoms with E-state index in [-0.39, 0.29) is 12.1 Å². The minimum atomic E-state index is -1.23. The average Bonchev–Trinajstić information content (AvgIpc) is 2.96. The van der Waals surface area contributed by atoms with Gasteiger partial charge in [-0.25, -0.2) is 9.59 Å². The van der Waals surface area contributed by atoms with E-state index in [1.54, 1.807) is 11.9 Å². The van der Waals surface area contributed by atoms with Crippen molar-refractivity contribution in [3.05, 3.63) is 0 Å². The summed E-state index contributed by atoms with van der Waals surface area (Å²) in [4.78, 5) is 26.1. The summed E-state index contributed by atoms with van der Waals surface area (Å²) < 4.78 is 10.8. The highest BCUT2D eigenvalue weighted by molar-refractivity contribution is 6.76. The topological polar surface area (TPSA) is 67.9 Å². The zero-order valence-electron chi connectivity index (χ0n) is 18.4. The van der Waals surface area contributed by atoms with Gasteiger partial charge in [0.05, 0.1) is 12.6 Å². The lowest BCUT2D eigenvalue weighted by molar-refractivity contribution is 0.0479. The fourth-order valence-electron chi connectivity index (χ4n) is 3.26. The Morgan fingerprint density at radius 3 is 2.30 bits per heavy atom. The SMILES string of the molecule is CN(C[C@H](CC1CCCC1)NC(=O)OC(C)(C)C)C(=O)OCC[Si](C)(C)C. The van der Waals surface area contributed by atoms with Crippen molar-refractivity contribution in [3.8, 4) is 0 Å². The molecule has 27 heavy (non-hydrogen) atoms. The summed E-state index contributed by atoms with van der Waals surface area (Å²) in [6.07, 6.45) is 5.00. The van der Waals surface area contributed by atoms with Crippen LogP contribution in [0, 0.1) is 5.92 Å². The summed E-state index contributed by atoms with van der Waals surface area (Å²) in [6.45, 7) is 13.2. The van der Waals surface area contributed by atoms with Crippen LogP contribution in [0.25, 0.3) is 0 Å². The molecule has 1 saturated carbocycles. The number of nitrogens with zero attached hydrogens (tertiary/aromatic N) is 1. The molecule has 1 rings (SSSR count). The minimum absolute atomic E-state index is 0.127. The van der Waals surface area contributed by atoms with E-state index >= 15 is 0 Å². The molecular formula is C20H40N2O4Si. The maximum atomic E-state index is 12.3. The highest BCUT2D eigenvalue weighted by Crippen LogP contribution is 2.29. The molecule has 1 aliphatic carbocycles. The second-order valence-electron chi connectivity index (χ2n) is 10.0. The first-order chi connectivity index (χ1) is 12.4. The van der Waals surface area contributed by atoms with Gasteiger partial charge in [-0.1, -0.05) is 45.3 Å². The van der Waals surface area contributed by atoms with Crippen molar-refractivity contribution in [3.63, 3.8) is 0 Å². The van der Waals surface area contributed by atoms with Crippen molar-refractivity contribution < 1.29 is 19.1 Å². The third-order valence-electron chi connectivity index (χ3n) is 4.70. The molecule has 0 aliphatic heterocycles. The van der Waals surface area contributed by atoms with E-state index in [0.717, 1.165) is 12.5 Å². The zero-order chi connectivity index (χ0) is 20.7. The summed E-state index contributed by atoms with van der Waals surface area (Å²) in [5.41, 5.74) is -0.538. The van der Waals surface area contributed by atoms with Crippen LogP contribution < -0.4 is 5.32 Å². The van der Waals surface area contributed by atoms with Crippen molar-refractivity contribution in [2.45, 2.75) is 90.2 Å². The molecule has 0 saturated heterocycles. The van der Waals surface area contributed by atoms with Crippen LogP contribution in [-0.4, -0.2) is 57.0 Å². The lowest BCUT2D eigenvalue weighted by Gasteiger charge is -2.28. The number of nitrogens with one attached hydrogen (secondary N) is 1. The molecule has 1 N–H and O–H groups in total. The Balaban J connectivity index is 2.57. The van der Waals surface area contributed by atoms with E-state index in [1.807, 2.05) is 20.8 Å². The second-order valence-corrected chi connectivity index (χ2v) is 15.7. The number of likely N-dealkylation sites (N-methyl/N-ethyl adjacent to an activating group) is 1. The van der Waals surface area contributed by atoms with Crippen molar-refractivity contribution in [2.24, 2.45) is 5.92 Å². The zero-order valence-corrected chi connectivity index (χ0v) is 19.4. The largest absolute Gasteiger partial charge is 0.450 e. The molecule has 0 heterocycles. The Morgan fingerprint density at radius 2 is 1.78 bits per heavy atom. The molecule has 0 unspecified atom stereocenters. The molecule has 1 aliphatic rings. The number of hydrogen-bond donors (Lipinski definition) is 1. The van der Waals surface area contributed by atoms with Gasteiger partial charge >= 0.3 is 12.2 Å². The van der Waals surface area contributed by atoms with Crippen LogP contribution in [0.15, 0.2) is 0 Å². The predicted molar refractivity (Wildman–Crippen MR) is 112 cm³/mol. The van der Waals surface area contributed by atoms with Crippen molar-refractivity contribution in [2.75, 3.05) is 20.2 Å². The van der Waals surface area contributed by atoms with Gasteiger partial charge in [-0.15, -0.1) is 0 Å². The van der Waals surface area contributed by atoms with Crippen LogP contribution >= 0.6 is 0 Å². The first kappa shape index (κ1) is 23.8. The molecule has 1 atom stereocenters. The van der Waals surface area contributed by atoms with E-state index in [9.17, 15) is 9.59 Å². The van der Waals surface area contributed by atoms with E-state index in [4.69, 9.17) is 9.47 Å². The number of carbonyl (C=O) groups is 2. The Kier molecular flexibility index (Phi) is 9.11. The standard InChI is InChI=1S/C20H40N2O4Si/c1-20(2,3)26-18(23)21-17(14-16-10-8-9-11-16)15-22(4)19(24)25-12-13-27(5,6)7/h16-17H,8-15H2,1-7H3,(H,21,23)/t17-/m0/s1. The summed E-state index contributed by atoms with van der Waals surface area (Å²) in [5.74, 6) is 0.598.